The molecule has 6 heteroatoms. The van der Waals surface area contributed by atoms with Gasteiger partial charge in [0.25, 0.3) is 0 Å². The Morgan fingerprint density at radius 2 is 1.82 bits per heavy atom. The number of methoxy groups -OCH3 is 1. The van der Waals surface area contributed by atoms with Gasteiger partial charge in [-0.05, 0) is 31.2 Å². The molecule has 1 rings (SSSR count). The molecule has 1 aromatic rings. The molecule has 0 fully saturated rings. The molecule has 5 nitrogen and oxygen atoms in total. The molecule has 0 aromatic heterocycles. The number of hydrogen-bond acceptors (Lipinski definition) is 4. The number of halogens is 1. The van der Waals surface area contributed by atoms with Gasteiger partial charge in [-0.3, -0.25) is 4.79 Å². The fourth-order valence-electron chi connectivity index (χ4n) is 1.06. The van der Waals surface area contributed by atoms with Gasteiger partial charge in [0.05, 0.1) is 18.7 Å². The van der Waals surface area contributed by atoms with E-state index in [9.17, 15) is 9.59 Å². The topological polar surface area (TPSA) is 81.4 Å². The molecule has 0 saturated heterocycles. The van der Waals surface area contributed by atoms with Crippen LogP contribution in [0, 0.1) is 0 Å². The minimum Gasteiger partial charge on any atom is -0.465 e. The average molecular weight is 259 g/mol. The largest absolute Gasteiger partial charge is 0.465 e. The van der Waals surface area contributed by atoms with Gasteiger partial charge in [0.15, 0.2) is 0 Å². The van der Waals surface area contributed by atoms with Crippen LogP contribution in [0.2, 0.25) is 0 Å². The second-order valence-electron chi connectivity index (χ2n) is 3.35. The summed E-state index contributed by atoms with van der Waals surface area (Å²) in [7, 11) is 1.31. The van der Waals surface area contributed by atoms with Crippen molar-refractivity contribution in [3.63, 3.8) is 0 Å². The molecular weight excluding hydrogens is 244 g/mol. The number of rotatable bonds is 3. The summed E-state index contributed by atoms with van der Waals surface area (Å²) in [5.74, 6) is -0.684. The van der Waals surface area contributed by atoms with Crippen molar-refractivity contribution >= 4 is 30.0 Å². The minimum atomic E-state index is -0.569. The van der Waals surface area contributed by atoms with E-state index < -0.39 is 12.0 Å². The summed E-state index contributed by atoms with van der Waals surface area (Å²) < 4.78 is 4.55. The summed E-state index contributed by atoms with van der Waals surface area (Å²) in [6, 6.07) is 5.81. The molecule has 0 radical (unpaired) electrons. The smallest absolute Gasteiger partial charge is 0.337 e. The lowest BCUT2D eigenvalue weighted by Gasteiger charge is -2.07. The maximum Gasteiger partial charge on any atom is 0.337 e. The molecule has 0 spiro atoms. The van der Waals surface area contributed by atoms with Crippen molar-refractivity contribution in [2.75, 3.05) is 12.4 Å². The van der Waals surface area contributed by atoms with Crippen LogP contribution in [0.1, 0.15) is 17.3 Å². The molecule has 3 N–H and O–H groups in total. The third-order valence-electron chi connectivity index (χ3n) is 1.99. The minimum absolute atomic E-state index is 0. The Kier molecular flexibility index (Phi) is 6.23. The molecule has 1 atom stereocenters. The van der Waals surface area contributed by atoms with Crippen LogP contribution in [0.3, 0.4) is 0 Å². The highest BCUT2D eigenvalue weighted by atomic mass is 35.5. The number of ether oxygens (including phenoxy) is 1. The van der Waals surface area contributed by atoms with Crippen LogP contribution in [0.15, 0.2) is 24.3 Å². The van der Waals surface area contributed by atoms with Gasteiger partial charge in [-0.15, -0.1) is 12.4 Å². The zero-order valence-corrected chi connectivity index (χ0v) is 10.4. The number of esters is 1. The van der Waals surface area contributed by atoms with Crippen LogP contribution < -0.4 is 11.1 Å². The van der Waals surface area contributed by atoms with Crippen LogP contribution >= 0.6 is 12.4 Å². The summed E-state index contributed by atoms with van der Waals surface area (Å²) in [6.07, 6.45) is 0. The fourth-order valence-corrected chi connectivity index (χ4v) is 1.06. The highest BCUT2D eigenvalue weighted by molar-refractivity contribution is 5.95. The predicted octanol–water partition coefficient (Wildman–Crippen LogP) is 1.18. The van der Waals surface area contributed by atoms with E-state index in [0.717, 1.165) is 0 Å². The maximum atomic E-state index is 11.3. The second-order valence-corrected chi connectivity index (χ2v) is 3.35. The van der Waals surface area contributed by atoms with E-state index in [2.05, 4.69) is 10.1 Å². The molecule has 0 aliphatic heterocycles. The van der Waals surface area contributed by atoms with Crippen LogP contribution in [0.5, 0.6) is 0 Å². The summed E-state index contributed by atoms with van der Waals surface area (Å²) >= 11 is 0. The van der Waals surface area contributed by atoms with E-state index in [1.54, 1.807) is 31.2 Å². The molecule has 0 bridgehead atoms. The van der Waals surface area contributed by atoms with E-state index >= 15 is 0 Å². The van der Waals surface area contributed by atoms with Crippen molar-refractivity contribution < 1.29 is 14.3 Å². The Bertz CT molecular complexity index is 390. The lowest BCUT2D eigenvalue weighted by molar-refractivity contribution is -0.117. The van der Waals surface area contributed by atoms with Crippen LogP contribution in [0.25, 0.3) is 0 Å². The monoisotopic (exact) mass is 258 g/mol. The van der Waals surface area contributed by atoms with Gasteiger partial charge >= 0.3 is 5.97 Å². The van der Waals surface area contributed by atoms with Gasteiger partial charge in [0.2, 0.25) is 5.91 Å². The number of hydrogen-bond donors (Lipinski definition) is 2. The summed E-state index contributed by atoms with van der Waals surface area (Å²) in [5, 5.41) is 2.61. The van der Waals surface area contributed by atoms with Gasteiger partial charge in [0.1, 0.15) is 0 Å². The van der Waals surface area contributed by atoms with E-state index in [4.69, 9.17) is 5.73 Å². The number of nitrogens with two attached hydrogens (primary N) is 1. The Hall–Kier alpha value is -1.59. The van der Waals surface area contributed by atoms with E-state index in [1.807, 2.05) is 0 Å². The Morgan fingerprint density at radius 3 is 2.24 bits per heavy atom. The highest BCUT2D eigenvalue weighted by Crippen LogP contribution is 2.10. The average Bonchev–Trinajstić information content (AvgIpc) is 2.28. The van der Waals surface area contributed by atoms with Gasteiger partial charge in [0, 0.05) is 5.69 Å². The predicted molar refractivity (Wildman–Crippen MR) is 67.3 cm³/mol. The molecule has 94 valence electrons. The molecule has 0 saturated carbocycles. The third kappa shape index (κ3) is 4.42. The molecular formula is C11H15ClN2O3. The maximum absolute atomic E-state index is 11.3. The van der Waals surface area contributed by atoms with Crippen molar-refractivity contribution in [1.29, 1.82) is 0 Å². The lowest BCUT2D eigenvalue weighted by Crippen LogP contribution is -2.32. The first-order valence-electron chi connectivity index (χ1n) is 4.79. The van der Waals surface area contributed by atoms with Crippen molar-refractivity contribution in [1.82, 2.24) is 0 Å². The van der Waals surface area contributed by atoms with Gasteiger partial charge in [-0.2, -0.15) is 0 Å². The quantitative estimate of drug-likeness (QED) is 0.798. The third-order valence-corrected chi connectivity index (χ3v) is 1.99. The number of carbonyl (C=O) groups excluding carboxylic acids is 2. The summed E-state index contributed by atoms with van der Waals surface area (Å²) in [5.41, 5.74) is 6.42. The molecule has 0 aliphatic carbocycles. The van der Waals surface area contributed by atoms with Gasteiger partial charge in [-0.1, -0.05) is 0 Å². The fraction of sp³-hybridized carbons (Fsp3) is 0.273. The normalized spacial score (nSPS) is 11.0. The van der Waals surface area contributed by atoms with Crippen LogP contribution in [-0.4, -0.2) is 25.0 Å². The number of carbonyl (C=O) groups is 2. The Morgan fingerprint density at radius 1 is 1.29 bits per heavy atom. The van der Waals surface area contributed by atoms with E-state index in [-0.39, 0.29) is 18.3 Å². The number of anilines is 1. The van der Waals surface area contributed by atoms with Gasteiger partial charge in [-0.25, -0.2) is 4.79 Å². The van der Waals surface area contributed by atoms with Crippen molar-refractivity contribution in [2.45, 2.75) is 13.0 Å². The SMILES string of the molecule is COC(=O)c1ccc(NC(=O)C(C)N)cc1.Cl. The van der Waals surface area contributed by atoms with Crippen molar-refractivity contribution in [2.24, 2.45) is 5.73 Å². The Labute approximate surface area is 106 Å². The van der Waals surface area contributed by atoms with E-state index in [0.29, 0.717) is 11.3 Å². The van der Waals surface area contributed by atoms with Gasteiger partial charge < -0.3 is 15.8 Å². The first-order valence-corrected chi connectivity index (χ1v) is 4.79. The zero-order chi connectivity index (χ0) is 12.1. The number of amides is 1. The number of nitrogens with one attached hydrogen (secondary N) is 1. The second kappa shape index (κ2) is 6.88. The first-order chi connectivity index (χ1) is 7.54. The summed E-state index contributed by atoms with van der Waals surface area (Å²) in [6.45, 7) is 1.60. The first kappa shape index (κ1) is 15.4. The highest BCUT2D eigenvalue weighted by Gasteiger charge is 2.08. The van der Waals surface area contributed by atoms with Crippen molar-refractivity contribution in [3.8, 4) is 0 Å². The Balaban J connectivity index is 0.00000256. The lowest BCUT2D eigenvalue weighted by atomic mass is 10.2. The van der Waals surface area contributed by atoms with Crippen LogP contribution in [0.4, 0.5) is 5.69 Å². The zero-order valence-electron chi connectivity index (χ0n) is 9.60. The summed E-state index contributed by atoms with van der Waals surface area (Å²) in [4.78, 5) is 22.4. The molecule has 0 heterocycles. The molecule has 1 aromatic carbocycles. The molecule has 1 amide bonds. The van der Waals surface area contributed by atoms with Crippen LogP contribution in [-0.2, 0) is 9.53 Å². The standard InChI is InChI=1S/C11H14N2O3.ClH/c1-7(12)10(14)13-9-5-3-8(4-6-9)11(15)16-2;/h3-7H,12H2,1-2H3,(H,13,14);1H. The molecule has 17 heavy (non-hydrogen) atoms. The molecule has 1 unspecified atom stereocenters. The number of benzene rings is 1. The van der Waals surface area contributed by atoms with Crippen molar-refractivity contribution in [3.05, 3.63) is 29.8 Å². The molecule has 0 aliphatic rings. The van der Waals surface area contributed by atoms with E-state index in [1.165, 1.54) is 7.11 Å².